The highest BCUT2D eigenvalue weighted by Crippen LogP contribution is 2.24. The van der Waals surface area contributed by atoms with Crippen LogP contribution in [-0.2, 0) is 16.4 Å². The lowest BCUT2D eigenvalue weighted by atomic mass is 10.0. The molecular formula is C19H16N2O5S. The van der Waals surface area contributed by atoms with Crippen LogP contribution in [0.1, 0.15) is 28.5 Å². The van der Waals surface area contributed by atoms with Crippen LogP contribution in [0.25, 0.3) is 0 Å². The molecule has 27 heavy (non-hydrogen) atoms. The van der Waals surface area contributed by atoms with Crippen molar-refractivity contribution in [2.45, 2.75) is 18.2 Å². The van der Waals surface area contributed by atoms with E-state index in [0.717, 1.165) is 3.97 Å². The van der Waals surface area contributed by atoms with E-state index in [0.29, 0.717) is 12.0 Å². The molecule has 3 rings (SSSR count). The molecule has 3 aromatic rings. The Morgan fingerprint density at radius 1 is 1.04 bits per heavy atom. The van der Waals surface area contributed by atoms with Gasteiger partial charge in [0, 0.05) is 23.9 Å². The molecule has 138 valence electrons. The molecule has 7 nitrogen and oxygen atoms in total. The minimum Gasteiger partial charge on any atom is -0.287 e. The van der Waals surface area contributed by atoms with E-state index in [1.165, 1.54) is 42.6 Å². The predicted octanol–water partition coefficient (Wildman–Crippen LogP) is 3.43. The number of benzene rings is 2. The van der Waals surface area contributed by atoms with Crippen molar-refractivity contribution >= 4 is 21.5 Å². The van der Waals surface area contributed by atoms with Crippen molar-refractivity contribution in [3.8, 4) is 0 Å². The molecule has 0 amide bonds. The second kappa shape index (κ2) is 7.16. The van der Waals surface area contributed by atoms with E-state index >= 15 is 0 Å². The number of nitro benzene ring substituents is 1. The van der Waals surface area contributed by atoms with Crippen molar-refractivity contribution in [2.75, 3.05) is 0 Å². The van der Waals surface area contributed by atoms with Crippen LogP contribution in [0.2, 0.25) is 0 Å². The lowest BCUT2D eigenvalue weighted by Gasteiger charge is -2.11. The van der Waals surface area contributed by atoms with Crippen LogP contribution in [0.4, 0.5) is 5.69 Å². The lowest BCUT2D eigenvalue weighted by molar-refractivity contribution is -0.384. The molecule has 0 fully saturated rings. The number of nitro groups is 1. The number of aromatic nitrogens is 1. The van der Waals surface area contributed by atoms with Gasteiger partial charge in [0.2, 0.25) is 5.78 Å². The number of aryl methyl sites for hydroxylation is 1. The van der Waals surface area contributed by atoms with Crippen LogP contribution in [0.3, 0.4) is 0 Å². The third-order valence-electron chi connectivity index (χ3n) is 4.17. The zero-order chi connectivity index (χ0) is 19.6. The summed E-state index contributed by atoms with van der Waals surface area (Å²) in [5.74, 6) is -0.508. The lowest BCUT2D eigenvalue weighted by Crippen LogP contribution is -2.19. The van der Waals surface area contributed by atoms with Gasteiger partial charge in [-0.3, -0.25) is 14.9 Å². The number of ketones is 1. The van der Waals surface area contributed by atoms with Gasteiger partial charge in [-0.05, 0) is 42.3 Å². The number of nitrogens with zero attached hydrogens (tertiary/aromatic N) is 2. The molecule has 0 saturated carbocycles. The maximum atomic E-state index is 13.0. The van der Waals surface area contributed by atoms with E-state index in [1.807, 2.05) is 6.92 Å². The molecular weight excluding hydrogens is 368 g/mol. The largest absolute Gasteiger partial charge is 0.287 e. The van der Waals surface area contributed by atoms with Crippen molar-refractivity contribution in [3.05, 3.63) is 93.8 Å². The third-order valence-corrected chi connectivity index (χ3v) is 5.86. The first-order valence-electron chi connectivity index (χ1n) is 8.16. The average Bonchev–Trinajstić information content (AvgIpc) is 3.13. The molecule has 0 N–H and O–H groups in total. The van der Waals surface area contributed by atoms with Gasteiger partial charge in [0.1, 0.15) is 5.69 Å². The fourth-order valence-corrected chi connectivity index (χ4v) is 4.15. The molecule has 1 aromatic heterocycles. The summed E-state index contributed by atoms with van der Waals surface area (Å²) in [7, 11) is -3.95. The summed E-state index contributed by atoms with van der Waals surface area (Å²) in [6.07, 6.45) is 1.82. The molecule has 0 radical (unpaired) electrons. The summed E-state index contributed by atoms with van der Waals surface area (Å²) in [5.41, 5.74) is 0.654. The minimum atomic E-state index is -3.95. The van der Waals surface area contributed by atoms with E-state index in [1.54, 1.807) is 24.3 Å². The van der Waals surface area contributed by atoms with E-state index in [-0.39, 0.29) is 21.8 Å². The van der Waals surface area contributed by atoms with Gasteiger partial charge in [0.15, 0.2) is 0 Å². The Kier molecular flexibility index (Phi) is 4.91. The van der Waals surface area contributed by atoms with Crippen molar-refractivity contribution in [2.24, 2.45) is 0 Å². The van der Waals surface area contributed by atoms with Gasteiger partial charge < -0.3 is 0 Å². The van der Waals surface area contributed by atoms with Crippen molar-refractivity contribution in [1.29, 1.82) is 0 Å². The van der Waals surface area contributed by atoms with Crippen molar-refractivity contribution < 1.29 is 18.1 Å². The second-order valence-corrected chi connectivity index (χ2v) is 7.61. The SMILES string of the molecule is CCc1ccn(S(=O)(=O)c2ccccc2)c1C(=O)c1ccc([N+](=O)[O-])cc1. The summed E-state index contributed by atoms with van der Waals surface area (Å²) in [4.78, 5) is 23.3. The van der Waals surface area contributed by atoms with Gasteiger partial charge in [-0.2, -0.15) is 0 Å². The highest BCUT2D eigenvalue weighted by Gasteiger charge is 2.26. The number of carbonyl (C=O) groups excluding carboxylic acids is 1. The van der Waals surface area contributed by atoms with Crippen molar-refractivity contribution in [3.63, 3.8) is 0 Å². The first-order valence-corrected chi connectivity index (χ1v) is 9.60. The fraction of sp³-hybridized carbons (Fsp3) is 0.105. The van der Waals surface area contributed by atoms with E-state index in [2.05, 4.69) is 0 Å². The zero-order valence-electron chi connectivity index (χ0n) is 14.4. The summed E-state index contributed by atoms with van der Waals surface area (Å²) in [6, 6.07) is 14.5. The van der Waals surface area contributed by atoms with Gasteiger partial charge in [0.25, 0.3) is 15.7 Å². The van der Waals surface area contributed by atoms with Crippen LogP contribution < -0.4 is 0 Å². The minimum absolute atomic E-state index is 0.0372. The second-order valence-electron chi connectivity index (χ2n) is 5.79. The molecule has 0 aliphatic heterocycles. The maximum Gasteiger partial charge on any atom is 0.269 e. The number of rotatable bonds is 6. The monoisotopic (exact) mass is 384 g/mol. The molecule has 0 aliphatic carbocycles. The first kappa shape index (κ1) is 18.5. The summed E-state index contributed by atoms with van der Waals surface area (Å²) >= 11 is 0. The van der Waals surface area contributed by atoms with Gasteiger partial charge >= 0.3 is 0 Å². The standard InChI is InChI=1S/C19H16N2O5S/c1-2-14-12-13-20(27(25,26)17-6-4-3-5-7-17)18(14)19(22)15-8-10-16(11-9-15)21(23)24/h3-13H,2H2,1H3. The number of hydrogen-bond donors (Lipinski definition) is 0. The smallest absolute Gasteiger partial charge is 0.269 e. The van der Waals surface area contributed by atoms with Crippen LogP contribution >= 0.6 is 0 Å². The third kappa shape index (κ3) is 3.39. The molecule has 2 aromatic carbocycles. The Morgan fingerprint density at radius 2 is 1.67 bits per heavy atom. The number of hydrogen-bond acceptors (Lipinski definition) is 5. The maximum absolute atomic E-state index is 13.0. The first-order chi connectivity index (χ1) is 12.9. The number of carbonyl (C=O) groups is 1. The molecule has 0 unspecified atom stereocenters. The Morgan fingerprint density at radius 3 is 2.22 bits per heavy atom. The van der Waals surface area contributed by atoms with E-state index in [9.17, 15) is 23.3 Å². The Hall–Kier alpha value is -3.26. The Labute approximate surface area is 156 Å². The molecule has 1 heterocycles. The van der Waals surface area contributed by atoms with Crippen LogP contribution in [0, 0.1) is 10.1 Å². The Bertz CT molecular complexity index is 1100. The normalized spacial score (nSPS) is 11.3. The zero-order valence-corrected chi connectivity index (χ0v) is 15.2. The van der Waals surface area contributed by atoms with Gasteiger partial charge in [-0.25, -0.2) is 12.4 Å². The summed E-state index contributed by atoms with van der Waals surface area (Å²) < 4.78 is 26.9. The molecule has 0 bridgehead atoms. The molecule has 0 spiro atoms. The number of non-ortho nitro benzene ring substituents is 1. The molecule has 0 atom stereocenters. The van der Waals surface area contributed by atoms with Crippen LogP contribution in [0.5, 0.6) is 0 Å². The summed E-state index contributed by atoms with van der Waals surface area (Å²) in [6.45, 7) is 1.82. The Balaban J connectivity index is 2.12. The fourth-order valence-electron chi connectivity index (χ4n) is 2.76. The quantitative estimate of drug-likeness (QED) is 0.368. The van der Waals surface area contributed by atoms with E-state index < -0.39 is 20.7 Å². The topological polar surface area (TPSA) is 99.3 Å². The van der Waals surface area contributed by atoms with Gasteiger partial charge in [0.05, 0.1) is 9.82 Å². The average molecular weight is 384 g/mol. The molecule has 0 saturated heterocycles. The summed E-state index contributed by atoms with van der Waals surface area (Å²) in [5, 5.41) is 10.8. The molecule has 8 heteroatoms. The van der Waals surface area contributed by atoms with E-state index in [4.69, 9.17) is 0 Å². The van der Waals surface area contributed by atoms with Crippen molar-refractivity contribution in [1.82, 2.24) is 3.97 Å². The van der Waals surface area contributed by atoms with Crippen LogP contribution in [-0.4, -0.2) is 23.1 Å². The predicted molar refractivity (Wildman–Crippen MR) is 99.4 cm³/mol. The highest BCUT2D eigenvalue weighted by atomic mass is 32.2. The molecule has 0 aliphatic rings. The highest BCUT2D eigenvalue weighted by molar-refractivity contribution is 7.90. The van der Waals surface area contributed by atoms with Gasteiger partial charge in [-0.15, -0.1) is 0 Å². The van der Waals surface area contributed by atoms with Crippen LogP contribution in [0.15, 0.2) is 71.8 Å². The van der Waals surface area contributed by atoms with Gasteiger partial charge in [-0.1, -0.05) is 25.1 Å².